The minimum Gasteiger partial charge on any atom is -0.481 e. The first-order chi connectivity index (χ1) is 7.61. The van der Waals surface area contributed by atoms with E-state index in [1.165, 1.54) is 0 Å². The summed E-state index contributed by atoms with van der Waals surface area (Å²) in [6, 6.07) is 1.92. The van der Waals surface area contributed by atoms with Crippen LogP contribution in [0.3, 0.4) is 0 Å². The molecule has 1 atom stereocenters. The highest BCUT2D eigenvalue weighted by atomic mass is 32.1. The van der Waals surface area contributed by atoms with Gasteiger partial charge in [0, 0.05) is 13.0 Å². The quantitative estimate of drug-likeness (QED) is 0.747. The zero-order chi connectivity index (χ0) is 12.0. The van der Waals surface area contributed by atoms with E-state index in [9.17, 15) is 9.59 Å². The minimum absolute atomic E-state index is 0.0520. The van der Waals surface area contributed by atoms with Crippen molar-refractivity contribution in [2.75, 3.05) is 6.54 Å². The van der Waals surface area contributed by atoms with Crippen molar-refractivity contribution in [3.63, 3.8) is 0 Å². The molecule has 1 unspecified atom stereocenters. The number of carboxylic acids is 1. The second-order valence-corrected chi connectivity index (χ2v) is 4.35. The number of carbonyl (C=O) groups is 2. The molecule has 2 N–H and O–H groups in total. The minimum atomic E-state index is -0.833. The molecule has 0 spiro atoms. The van der Waals surface area contributed by atoms with Crippen molar-refractivity contribution >= 4 is 23.2 Å². The standard InChI is InChI=1S/C11H15NO3S/c1-8(9-4-6-16-7-9)11(15)12-5-2-3-10(13)14/h4,6-8H,2-3,5H2,1H3,(H,12,15)(H,13,14). The van der Waals surface area contributed by atoms with Gasteiger partial charge in [-0.15, -0.1) is 0 Å². The molecule has 0 aliphatic rings. The van der Waals surface area contributed by atoms with E-state index in [1.807, 2.05) is 23.8 Å². The summed E-state index contributed by atoms with van der Waals surface area (Å²) >= 11 is 1.56. The van der Waals surface area contributed by atoms with Crippen LogP contribution in [0.15, 0.2) is 16.8 Å². The van der Waals surface area contributed by atoms with Crippen LogP contribution in [0.2, 0.25) is 0 Å². The van der Waals surface area contributed by atoms with E-state index >= 15 is 0 Å². The Morgan fingerprint density at radius 1 is 1.56 bits per heavy atom. The molecule has 1 aromatic heterocycles. The number of amides is 1. The fourth-order valence-corrected chi connectivity index (χ4v) is 2.03. The van der Waals surface area contributed by atoms with E-state index in [0.717, 1.165) is 5.56 Å². The molecular weight excluding hydrogens is 226 g/mol. The molecule has 0 bridgehead atoms. The van der Waals surface area contributed by atoms with Gasteiger partial charge in [-0.05, 0) is 35.7 Å². The van der Waals surface area contributed by atoms with Crippen LogP contribution in [0.5, 0.6) is 0 Å². The smallest absolute Gasteiger partial charge is 0.303 e. The lowest BCUT2D eigenvalue weighted by Crippen LogP contribution is -2.28. The van der Waals surface area contributed by atoms with Crippen LogP contribution >= 0.6 is 11.3 Å². The summed E-state index contributed by atoms with van der Waals surface area (Å²) in [7, 11) is 0. The Morgan fingerprint density at radius 2 is 2.31 bits per heavy atom. The van der Waals surface area contributed by atoms with Gasteiger partial charge in [0.25, 0.3) is 0 Å². The molecule has 0 saturated carbocycles. The second kappa shape index (κ2) is 6.27. The molecule has 5 heteroatoms. The third-order valence-electron chi connectivity index (χ3n) is 2.30. The maximum Gasteiger partial charge on any atom is 0.303 e. The number of hydrogen-bond acceptors (Lipinski definition) is 3. The monoisotopic (exact) mass is 241 g/mol. The largest absolute Gasteiger partial charge is 0.481 e. The maximum atomic E-state index is 11.6. The molecule has 0 aliphatic heterocycles. The van der Waals surface area contributed by atoms with Gasteiger partial charge in [-0.2, -0.15) is 11.3 Å². The number of rotatable bonds is 6. The van der Waals surface area contributed by atoms with Crippen molar-refractivity contribution in [1.29, 1.82) is 0 Å². The Morgan fingerprint density at radius 3 is 2.88 bits per heavy atom. The lowest BCUT2D eigenvalue weighted by atomic mass is 10.0. The average molecular weight is 241 g/mol. The normalized spacial score (nSPS) is 12.1. The lowest BCUT2D eigenvalue weighted by molar-refractivity contribution is -0.137. The number of carbonyl (C=O) groups excluding carboxylic acids is 1. The number of nitrogens with one attached hydrogen (secondary N) is 1. The average Bonchev–Trinajstić information content (AvgIpc) is 2.76. The Balaban J connectivity index is 2.27. The van der Waals surface area contributed by atoms with Crippen molar-refractivity contribution in [2.45, 2.75) is 25.7 Å². The number of carboxylic acid groups (broad SMARTS) is 1. The molecule has 1 rings (SSSR count). The highest BCUT2D eigenvalue weighted by Gasteiger charge is 2.14. The molecule has 88 valence electrons. The van der Waals surface area contributed by atoms with Crippen molar-refractivity contribution in [3.05, 3.63) is 22.4 Å². The molecule has 0 aliphatic carbocycles. The van der Waals surface area contributed by atoms with Crippen LogP contribution in [0.25, 0.3) is 0 Å². The summed E-state index contributed by atoms with van der Waals surface area (Å²) in [5, 5.41) is 15.0. The van der Waals surface area contributed by atoms with Crippen LogP contribution in [0.4, 0.5) is 0 Å². The Bertz CT molecular complexity index is 348. The van der Waals surface area contributed by atoms with E-state index in [1.54, 1.807) is 11.3 Å². The molecule has 1 aromatic rings. The van der Waals surface area contributed by atoms with Gasteiger partial charge in [-0.25, -0.2) is 0 Å². The van der Waals surface area contributed by atoms with Crippen LogP contribution < -0.4 is 5.32 Å². The summed E-state index contributed by atoms with van der Waals surface area (Å²) < 4.78 is 0. The summed E-state index contributed by atoms with van der Waals surface area (Å²) in [5.41, 5.74) is 1.00. The summed E-state index contributed by atoms with van der Waals surface area (Å²) in [5.74, 6) is -1.06. The van der Waals surface area contributed by atoms with Crippen molar-refractivity contribution in [1.82, 2.24) is 5.32 Å². The van der Waals surface area contributed by atoms with Gasteiger partial charge in [0.05, 0.1) is 5.92 Å². The van der Waals surface area contributed by atoms with Crippen LogP contribution in [-0.2, 0) is 9.59 Å². The van der Waals surface area contributed by atoms with Gasteiger partial charge in [0.2, 0.25) is 5.91 Å². The van der Waals surface area contributed by atoms with Crippen molar-refractivity contribution in [2.24, 2.45) is 0 Å². The third kappa shape index (κ3) is 4.02. The molecular formula is C11H15NO3S. The van der Waals surface area contributed by atoms with E-state index < -0.39 is 5.97 Å². The summed E-state index contributed by atoms with van der Waals surface area (Å²) in [6.07, 6.45) is 0.560. The Labute approximate surface area is 98.3 Å². The van der Waals surface area contributed by atoms with Gasteiger partial charge in [-0.3, -0.25) is 9.59 Å². The van der Waals surface area contributed by atoms with Crippen LogP contribution in [-0.4, -0.2) is 23.5 Å². The number of hydrogen-bond donors (Lipinski definition) is 2. The first-order valence-corrected chi connectivity index (χ1v) is 6.07. The van der Waals surface area contributed by atoms with Crippen LogP contribution in [0, 0.1) is 0 Å². The van der Waals surface area contributed by atoms with Gasteiger partial charge in [0.1, 0.15) is 0 Å². The zero-order valence-electron chi connectivity index (χ0n) is 9.10. The number of aliphatic carboxylic acids is 1. The fourth-order valence-electron chi connectivity index (χ4n) is 1.28. The van der Waals surface area contributed by atoms with E-state index in [0.29, 0.717) is 13.0 Å². The molecule has 0 aromatic carbocycles. The number of thiophene rings is 1. The Kier molecular flexibility index (Phi) is 4.98. The van der Waals surface area contributed by atoms with Gasteiger partial charge in [-0.1, -0.05) is 0 Å². The van der Waals surface area contributed by atoms with Crippen molar-refractivity contribution < 1.29 is 14.7 Å². The van der Waals surface area contributed by atoms with Gasteiger partial charge < -0.3 is 10.4 Å². The predicted molar refractivity (Wildman–Crippen MR) is 62.6 cm³/mol. The Hall–Kier alpha value is -1.36. The van der Waals surface area contributed by atoms with Gasteiger partial charge in [0.15, 0.2) is 0 Å². The van der Waals surface area contributed by atoms with E-state index in [2.05, 4.69) is 5.32 Å². The van der Waals surface area contributed by atoms with Crippen molar-refractivity contribution in [3.8, 4) is 0 Å². The molecule has 4 nitrogen and oxygen atoms in total. The van der Waals surface area contributed by atoms with Gasteiger partial charge >= 0.3 is 5.97 Å². The first-order valence-electron chi connectivity index (χ1n) is 5.13. The molecule has 16 heavy (non-hydrogen) atoms. The summed E-state index contributed by atoms with van der Waals surface area (Å²) in [6.45, 7) is 2.26. The highest BCUT2D eigenvalue weighted by Crippen LogP contribution is 2.17. The highest BCUT2D eigenvalue weighted by molar-refractivity contribution is 7.08. The zero-order valence-corrected chi connectivity index (χ0v) is 9.92. The fraction of sp³-hybridized carbons (Fsp3) is 0.455. The molecule has 0 fully saturated rings. The maximum absolute atomic E-state index is 11.6. The SMILES string of the molecule is CC(C(=O)NCCCC(=O)O)c1ccsc1. The lowest BCUT2D eigenvalue weighted by Gasteiger charge is -2.10. The molecule has 0 saturated heterocycles. The van der Waals surface area contributed by atoms with E-state index in [4.69, 9.17) is 5.11 Å². The topological polar surface area (TPSA) is 66.4 Å². The third-order valence-corrected chi connectivity index (χ3v) is 3.00. The molecule has 0 radical (unpaired) electrons. The van der Waals surface area contributed by atoms with Crippen LogP contribution in [0.1, 0.15) is 31.2 Å². The second-order valence-electron chi connectivity index (χ2n) is 3.57. The molecule has 1 heterocycles. The van der Waals surface area contributed by atoms with E-state index in [-0.39, 0.29) is 18.2 Å². The predicted octanol–water partition coefficient (Wildman–Crippen LogP) is 1.83. The summed E-state index contributed by atoms with van der Waals surface area (Å²) in [4.78, 5) is 21.9. The molecule has 1 amide bonds. The first kappa shape index (κ1) is 12.7.